The van der Waals surface area contributed by atoms with E-state index in [0.29, 0.717) is 27.9 Å². The van der Waals surface area contributed by atoms with E-state index in [1.54, 1.807) is 12.1 Å². The number of nitrogens with zero attached hydrogens (tertiary/aromatic N) is 5. The number of halogens is 1. The van der Waals surface area contributed by atoms with Gasteiger partial charge in [0.25, 0.3) is 0 Å². The smallest absolute Gasteiger partial charge is 0.230 e. The summed E-state index contributed by atoms with van der Waals surface area (Å²) < 4.78 is 14.6. The van der Waals surface area contributed by atoms with Gasteiger partial charge in [0.05, 0.1) is 11.4 Å². The van der Waals surface area contributed by atoms with Crippen LogP contribution in [0.1, 0.15) is 25.7 Å². The van der Waals surface area contributed by atoms with Crippen molar-refractivity contribution in [3.05, 3.63) is 36.4 Å². The van der Waals surface area contributed by atoms with Gasteiger partial charge in [0.2, 0.25) is 5.91 Å². The summed E-state index contributed by atoms with van der Waals surface area (Å²) in [6.07, 6.45) is 5.89. The number of nitrogens with one attached hydrogen (secondary N) is 1. The molecule has 0 spiro atoms. The van der Waals surface area contributed by atoms with Crippen LogP contribution in [0.3, 0.4) is 0 Å². The molecule has 2 aromatic heterocycles. The van der Waals surface area contributed by atoms with Crippen molar-refractivity contribution in [1.29, 1.82) is 0 Å². The molecule has 1 N–H and O–H groups in total. The molecular weight excluding hydrogens is 355 g/mol. The Labute approximate surface area is 153 Å². The van der Waals surface area contributed by atoms with E-state index >= 15 is 0 Å². The summed E-state index contributed by atoms with van der Waals surface area (Å²) in [5.74, 6) is -0.0524. The average Bonchev–Trinajstić information content (AvgIpc) is 3.30. The van der Waals surface area contributed by atoms with E-state index in [1.807, 2.05) is 0 Å². The fourth-order valence-electron chi connectivity index (χ4n) is 3.06. The maximum atomic E-state index is 13.1. The minimum Gasteiger partial charge on any atom is -0.353 e. The van der Waals surface area contributed by atoms with Crippen molar-refractivity contribution >= 4 is 28.8 Å². The minimum atomic E-state index is -0.322. The molecule has 1 amide bonds. The predicted octanol–water partition coefficient (Wildman–Crippen LogP) is 2.50. The number of carbonyl (C=O) groups is 1. The Hall–Kier alpha value is -2.55. The van der Waals surface area contributed by atoms with Crippen LogP contribution in [0.25, 0.3) is 16.9 Å². The largest absolute Gasteiger partial charge is 0.353 e. The molecule has 3 aromatic rings. The highest BCUT2D eigenvalue weighted by atomic mass is 32.2. The third-order valence-corrected chi connectivity index (χ3v) is 5.31. The summed E-state index contributed by atoms with van der Waals surface area (Å²) >= 11 is 1.31. The summed E-state index contributed by atoms with van der Waals surface area (Å²) in [6.45, 7) is 0. The Kier molecular flexibility index (Phi) is 4.79. The average molecular weight is 372 g/mol. The predicted molar refractivity (Wildman–Crippen MR) is 95.5 cm³/mol. The number of hydrogen-bond acceptors (Lipinski definition) is 6. The maximum absolute atomic E-state index is 13.1. The molecule has 26 heavy (non-hydrogen) atoms. The molecule has 0 radical (unpaired) electrons. The van der Waals surface area contributed by atoms with E-state index in [2.05, 4.69) is 25.6 Å². The first-order chi connectivity index (χ1) is 12.7. The molecule has 1 aromatic carbocycles. The Bertz CT molecular complexity index is 923. The lowest BCUT2D eigenvalue weighted by Crippen LogP contribution is -2.33. The van der Waals surface area contributed by atoms with Gasteiger partial charge in [-0.1, -0.05) is 29.8 Å². The number of fused-ring (bicyclic) bond motifs is 1. The number of carbonyl (C=O) groups excluding carboxylic acids is 1. The number of benzene rings is 1. The third kappa shape index (κ3) is 3.52. The summed E-state index contributed by atoms with van der Waals surface area (Å²) in [4.78, 5) is 20.6. The molecule has 7 nitrogen and oxygen atoms in total. The summed E-state index contributed by atoms with van der Waals surface area (Å²) in [7, 11) is 0. The van der Waals surface area contributed by atoms with E-state index in [-0.39, 0.29) is 17.5 Å². The van der Waals surface area contributed by atoms with Crippen molar-refractivity contribution in [1.82, 2.24) is 30.3 Å². The first-order valence-electron chi connectivity index (χ1n) is 8.45. The van der Waals surface area contributed by atoms with Gasteiger partial charge >= 0.3 is 0 Å². The topological polar surface area (TPSA) is 85.6 Å². The SMILES string of the molecule is O=C(CSc1ncnc2c1nnn2-c1ccc(F)cc1)NC1CCCC1. The Balaban J connectivity index is 1.51. The van der Waals surface area contributed by atoms with Crippen LogP contribution in [0, 0.1) is 5.82 Å². The third-order valence-electron chi connectivity index (χ3n) is 4.34. The fraction of sp³-hybridized carbons (Fsp3) is 0.353. The Morgan fingerprint density at radius 3 is 2.77 bits per heavy atom. The van der Waals surface area contributed by atoms with Crippen LogP contribution < -0.4 is 5.32 Å². The highest BCUT2D eigenvalue weighted by Crippen LogP contribution is 2.24. The van der Waals surface area contributed by atoms with E-state index in [4.69, 9.17) is 0 Å². The number of hydrogen-bond donors (Lipinski definition) is 1. The second-order valence-corrected chi connectivity index (χ2v) is 7.13. The van der Waals surface area contributed by atoms with Crippen molar-refractivity contribution in [3.8, 4) is 5.69 Å². The van der Waals surface area contributed by atoms with E-state index < -0.39 is 0 Å². The van der Waals surface area contributed by atoms with Gasteiger partial charge in [0.1, 0.15) is 17.2 Å². The zero-order valence-corrected chi connectivity index (χ0v) is 14.7. The zero-order valence-electron chi connectivity index (χ0n) is 13.9. The van der Waals surface area contributed by atoms with Crippen LogP contribution in [-0.2, 0) is 4.79 Å². The van der Waals surface area contributed by atoms with Crippen LogP contribution in [0.4, 0.5) is 4.39 Å². The molecule has 1 fully saturated rings. The first-order valence-corrected chi connectivity index (χ1v) is 9.44. The molecule has 0 bridgehead atoms. The van der Waals surface area contributed by atoms with Gasteiger partial charge in [-0.25, -0.2) is 14.4 Å². The second-order valence-electron chi connectivity index (χ2n) is 6.17. The fourth-order valence-corrected chi connectivity index (χ4v) is 3.81. The van der Waals surface area contributed by atoms with Gasteiger partial charge in [-0.15, -0.1) is 5.10 Å². The van der Waals surface area contributed by atoms with Crippen LogP contribution in [0.2, 0.25) is 0 Å². The lowest BCUT2D eigenvalue weighted by Gasteiger charge is -2.11. The second kappa shape index (κ2) is 7.36. The van der Waals surface area contributed by atoms with E-state index in [9.17, 15) is 9.18 Å². The maximum Gasteiger partial charge on any atom is 0.230 e. The van der Waals surface area contributed by atoms with Crippen molar-refractivity contribution in [2.45, 2.75) is 36.8 Å². The van der Waals surface area contributed by atoms with Crippen molar-refractivity contribution in [3.63, 3.8) is 0 Å². The zero-order chi connectivity index (χ0) is 17.9. The minimum absolute atomic E-state index is 0.000381. The van der Waals surface area contributed by atoms with Gasteiger partial charge in [-0.05, 0) is 37.1 Å². The highest BCUT2D eigenvalue weighted by molar-refractivity contribution is 8.00. The molecule has 9 heteroatoms. The summed E-state index contributed by atoms with van der Waals surface area (Å²) in [5.41, 5.74) is 1.70. The van der Waals surface area contributed by atoms with Crippen molar-refractivity contribution in [2.75, 3.05) is 5.75 Å². The van der Waals surface area contributed by atoms with Crippen LogP contribution in [0.15, 0.2) is 35.6 Å². The van der Waals surface area contributed by atoms with E-state index in [1.165, 1.54) is 47.7 Å². The quantitative estimate of drug-likeness (QED) is 0.547. The molecule has 0 unspecified atom stereocenters. The summed E-state index contributed by atoms with van der Waals surface area (Å²) in [5, 5.41) is 11.9. The number of amides is 1. The van der Waals surface area contributed by atoms with Gasteiger partial charge in [0.15, 0.2) is 11.2 Å². The lowest BCUT2D eigenvalue weighted by molar-refractivity contribution is -0.119. The van der Waals surface area contributed by atoms with Gasteiger partial charge in [-0.2, -0.15) is 4.68 Å². The molecular formula is C17H17FN6OS. The van der Waals surface area contributed by atoms with Gasteiger partial charge < -0.3 is 5.32 Å². The van der Waals surface area contributed by atoms with Gasteiger partial charge in [-0.3, -0.25) is 4.79 Å². The molecule has 1 saturated carbocycles. The van der Waals surface area contributed by atoms with Crippen LogP contribution >= 0.6 is 11.8 Å². The number of rotatable bonds is 5. The molecule has 1 aliphatic rings. The molecule has 0 aliphatic heterocycles. The highest BCUT2D eigenvalue weighted by Gasteiger charge is 2.18. The molecule has 1 aliphatic carbocycles. The van der Waals surface area contributed by atoms with Crippen LogP contribution in [-0.4, -0.2) is 42.7 Å². The van der Waals surface area contributed by atoms with E-state index in [0.717, 1.165) is 12.8 Å². The first kappa shape index (κ1) is 16.9. The monoisotopic (exact) mass is 372 g/mol. The number of aromatic nitrogens is 5. The molecule has 4 rings (SSSR count). The van der Waals surface area contributed by atoms with Crippen molar-refractivity contribution < 1.29 is 9.18 Å². The number of thioether (sulfide) groups is 1. The molecule has 0 saturated heterocycles. The molecule has 0 atom stereocenters. The standard InChI is InChI=1S/C17H17FN6OS/c18-11-5-7-13(8-6-11)24-16-15(22-23-24)17(20-10-19-16)26-9-14(25)21-12-3-1-2-4-12/h5-8,10,12H,1-4,9H2,(H,21,25). The Morgan fingerprint density at radius 2 is 2.00 bits per heavy atom. The summed E-state index contributed by atoms with van der Waals surface area (Å²) in [6, 6.07) is 6.22. The Morgan fingerprint density at radius 1 is 1.23 bits per heavy atom. The molecule has 2 heterocycles. The van der Waals surface area contributed by atoms with Crippen LogP contribution in [0.5, 0.6) is 0 Å². The normalized spacial score (nSPS) is 14.8. The lowest BCUT2D eigenvalue weighted by atomic mass is 10.2. The molecule has 134 valence electrons. The van der Waals surface area contributed by atoms with Gasteiger partial charge in [0, 0.05) is 6.04 Å². The van der Waals surface area contributed by atoms with Crippen molar-refractivity contribution in [2.24, 2.45) is 0 Å².